The maximum Gasteiger partial charge on any atom is 0.134 e. The van der Waals surface area contributed by atoms with Crippen LogP contribution in [0.25, 0.3) is 11.0 Å². The van der Waals surface area contributed by atoms with Gasteiger partial charge in [0.15, 0.2) is 0 Å². The van der Waals surface area contributed by atoms with Crippen molar-refractivity contribution in [2.24, 2.45) is 0 Å². The van der Waals surface area contributed by atoms with E-state index in [4.69, 9.17) is 4.42 Å². The molecule has 2 aromatic rings. The Morgan fingerprint density at radius 3 is 2.64 bits per heavy atom. The van der Waals surface area contributed by atoms with Crippen LogP contribution in [-0.2, 0) is 5.41 Å². The molecule has 0 atom stereocenters. The fourth-order valence-electron chi connectivity index (χ4n) is 1.39. The molecule has 0 amide bonds. The number of para-hydroxylation sites is 1. The summed E-state index contributed by atoms with van der Waals surface area (Å²) in [5, 5.41) is 10.3. The molecule has 14 heavy (non-hydrogen) atoms. The van der Waals surface area contributed by atoms with Crippen molar-refractivity contribution in [1.29, 1.82) is 0 Å². The molecule has 0 aliphatic carbocycles. The molecule has 1 N–H and O–H groups in total. The number of hydrogen-bond acceptors (Lipinski definition) is 2. The van der Waals surface area contributed by atoms with Crippen LogP contribution in [0.3, 0.4) is 0 Å². The summed E-state index contributed by atoms with van der Waals surface area (Å²) in [7, 11) is 0. The molecule has 0 aliphatic rings. The first kappa shape index (κ1) is 9.28. The third-order valence-corrected chi connectivity index (χ3v) is 2.49. The number of fused-ring (bicyclic) bond motifs is 1. The van der Waals surface area contributed by atoms with Crippen LogP contribution in [0.4, 0.5) is 0 Å². The van der Waals surface area contributed by atoms with E-state index in [9.17, 15) is 5.11 Å². The molecule has 2 nitrogen and oxygen atoms in total. The monoisotopic (exact) mass is 190 g/mol. The molecule has 1 heterocycles. The predicted molar refractivity (Wildman–Crippen MR) is 56.3 cm³/mol. The van der Waals surface area contributed by atoms with E-state index in [1.54, 1.807) is 0 Å². The van der Waals surface area contributed by atoms with E-state index < -0.39 is 0 Å². The number of aliphatic hydroxyl groups is 1. The standard InChI is InChI=1S/C12H14O2/c1-12(2,8-13)11-7-9-5-3-4-6-10(9)14-11/h3-7,13H,8H2,1-2H3. The Hall–Kier alpha value is -1.28. The summed E-state index contributed by atoms with van der Waals surface area (Å²) in [6.07, 6.45) is 0. The fourth-order valence-corrected chi connectivity index (χ4v) is 1.39. The first-order valence-corrected chi connectivity index (χ1v) is 4.73. The Bertz CT molecular complexity index is 407. The van der Waals surface area contributed by atoms with Crippen molar-refractivity contribution in [1.82, 2.24) is 0 Å². The van der Waals surface area contributed by atoms with Gasteiger partial charge in [0.25, 0.3) is 0 Å². The molecule has 0 bridgehead atoms. The Morgan fingerprint density at radius 1 is 1.29 bits per heavy atom. The average Bonchev–Trinajstić information content (AvgIpc) is 2.61. The zero-order chi connectivity index (χ0) is 10.2. The van der Waals surface area contributed by atoms with Crippen LogP contribution in [0.15, 0.2) is 34.7 Å². The van der Waals surface area contributed by atoms with E-state index in [0.29, 0.717) is 0 Å². The quantitative estimate of drug-likeness (QED) is 0.789. The number of benzene rings is 1. The van der Waals surface area contributed by atoms with E-state index in [2.05, 4.69) is 0 Å². The maximum absolute atomic E-state index is 9.21. The van der Waals surface area contributed by atoms with Gasteiger partial charge in [0.05, 0.1) is 6.61 Å². The largest absolute Gasteiger partial charge is 0.460 e. The summed E-state index contributed by atoms with van der Waals surface area (Å²) in [6.45, 7) is 4.02. The van der Waals surface area contributed by atoms with Crippen LogP contribution in [0.2, 0.25) is 0 Å². The van der Waals surface area contributed by atoms with Crippen molar-refractivity contribution >= 4 is 11.0 Å². The third kappa shape index (κ3) is 1.42. The molecule has 2 rings (SSSR count). The van der Waals surface area contributed by atoms with E-state index in [-0.39, 0.29) is 12.0 Å². The van der Waals surface area contributed by atoms with Gasteiger partial charge in [0, 0.05) is 10.8 Å². The van der Waals surface area contributed by atoms with E-state index in [0.717, 1.165) is 16.7 Å². The molecular formula is C12H14O2. The highest BCUT2D eigenvalue weighted by Gasteiger charge is 2.23. The van der Waals surface area contributed by atoms with Gasteiger partial charge in [-0.25, -0.2) is 0 Å². The zero-order valence-electron chi connectivity index (χ0n) is 8.45. The lowest BCUT2D eigenvalue weighted by molar-refractivity contribution is 0.199. The molecule has 1 aromatic carbocycles. The number of furan rings is 1. The fraction of sp³-hybridized carbons (Fsp3) is 0.333. The normalized spacial score (nSPS) is 12.2. The van der Waals surface area contributed by atoms with Gasteiger partial charge in [-0.3, -0.25) is 0 Å². The van der Waals surface area contributed by atoms with Crippen LogP contribution in [0.1, 0.15) is 19.6 Å². The topological polar surface area (TPSA) is 33.4 Å². The lowest BCUT2D eigenvalue weighted by Gasteiger charge is -2.17. The summed E-state index contributed by atoms with van der Waals surface area (Å²) < 4.78 is 5.66. The molecule has 74 valence electrons. The van der Waals surface area contributed by atoms with E-state index in [1.165, 1.54) is 0 Å². The molecule has 0 radical (unpaired) electrons. The van der Waals surface area contributed by atoms with Gasteiger partial charge in [0.2, 0.25) is 0 Å². The van der Waals surface area contributed by atoms with Crippen LogP contribution < -0.4 is 0 Å². The first-order chi connectivity index (χ1) is 6.63. The third-order valence-electron chi connectivity index (χ3n) is 2.49. The van der Waals surface area contributed by atoms with E-state index >= 15 is 0 Å². The minimum atomic E-state index is -0.307. The van der Waals surface area contributed by atoms with Crippen LogP contribution in [0, 0.1) is 0 Å². The highest BCUT2D eigenvalue weighted by molar-refractivity contribution is 5.77. The predicted octanol–water partition coefficient (Wildman–Crippen LogP) is 2.70. The number of hydrogen-bond donors (Lipinski definition) is 1. The molecule has 0 saturated carbocycles. The first-order valence-electron chi connectivity index (χ1n) is 4.73. The molecule has 1 aromatic heterocycles. The second kappa shape index (κ2) is 3.14. The smallest absolute Gasteiger partial charge is 0.134 e. The van der Waals surface area contributed by atoms with Crippen molar-refractivity contribution in [3.8, 4) is 0 Å². The molecular weight excluding hydrogens is 176 g/mol. The second-order valence-electron chi connectivity index (χ2n) is 4.19. The summed E-state index contributed by atoms with van der Waals surface area (Å²) in [5.41, 5.74) is 0.572. The van der Waals surface area contributed by atoms with Gasteiger partial charge in [0.1, 0.15) is 11.3 Å². The summed E-state index contributed by atoms with van der Waals surface area (Å²) in [4.78, 5) is 0. The van der Waals surface area contributed by atoms with E-state index in [1.807, 2.05) is 44.2 Å². The summed E-state index contributed by atoms with van der Waals surface area (Å²) in [5.74, 6) is 0.834. The average molecular weight is 190 g/mol. The molecule has 0 aliphatic heterocycles. The number of rotatable bonds is 2. The summed E-state index contributed by atoms with van der Waals surface area (Å²) in [6, 6.07) is 9.86. The SMILES string of the molecule is CC(C)(CO)c1cc2ccccc2o1. The van der Waals surface area contributed by atoms with Gasteiger partial charge in [-0.1, -0.05) is 32.0 Å². The Kier molecular flexibility index (Phi) is 2.08. The minimum Gasteiger partial charge on any atom is -0.460 e. The second-order valence-corrected chi connectivity index (χ2v) is 4.19. The Morgan fingerprint density at radius 2 is 2.00 bits per heavy atom. The van der Waals surface area contributed by atoms with Gasteiger partial charge < -0.3 is 9.52 Å². The Balaban J connectivity index is 2.55. The van der Waals surface area contributed by atoms with Crippen LogP contribution >= 0.6 is 0 Å². The van der Waals surface area contributed by atoms with Crippen molar-refractivity contribution in [3.63, 3.8) is 0 Å². The van der Waals surface area contributed by atoms with Gasteiger partial charge in [-0.2, -0.15) is 0 Å². The number of aliphatic hydroxyl groups excluding tert-OH is 1. The summed E-state index contributed by atoms with van der Waals surface area (Å²) >= 11 is 0. The highest BCUT2D eigenvalue weighted by Crippen LogP contribution is 2.28. The van der Waals surface area contributed by atoms with Crippen molar-refractivity contribution in [2.75, 3.05) is 6.61 Å². The maximum atomic E-state index is 9.21. The molecule has 0 saturated heterocycles. The lowest BCUT2D eigenvalue weighted by atomic mass is 9.91. The van der Waals surface area contributed by atoms with Crippen molar-refractivity contribution in [3.05, 3.63) is 36.1 Å². The highest BCUT2D eigenvalue weighted by atomic mass is 16.3. The molecule has 0 unspecified atom stereocenters. The molecule has 2 heteroatoms. The molecule has 0 spiro atoms. The van der Waals surface area contributed by atoms with Crippen molar-refractivity contribution in [2.45, 2.75) is 19.3 Å². The zero-order valence-corrected chi connectivity index (χ0v) is 8.45. The lowest BCUT2D eigenvalue weighted by Crippen LogP contribution is -2.20. The molecule has 0 fully saturated rings. The van der Waals surface area contributed by atoms with Crippen molar-refractivity contribution < 1.29 is 9.52 Å². The van der Waals surface area contributed by atoms with Crippen LogP contribution in [-0.4, -0.2) is 11.7 Å². The Labute approximate surface area is 83.2 Å². The van der Waals surface area contributed by atoms with Crippen LogP contribution in [0.5, 0.6) is 0 Å². The van der Waals surface area contributed by atoms with Gasteiger partial charge in [-0.15, -0.1) is 0 Å². The van der Waals surface area contributed by atoms with Gasteiger partial charge in [-0.05, 0) is 12.1 Å². The minimum absolute atomic E-state index is 0.0901. The van der Waals surface area contributed by atoms with Gasteiger partial charge >= 0.3 is 0 Å².